The van der Waals surface area contributed by atoms with Crippen LogP contribution in [0.4, 0.5) is 13.2 Å². The lowest BCUT2D eigenvalue weighted by Crippen LogP contribution is -2.13. The van der Waals surface area contributed by atoms with Crippen LogP contribution in [0.2, 0.25) is 0 Å². The maximum absolute atomic E-state index is 13.8. The lowest BCUT2D eigenvalue weighted by atomic mass is 10.2. The van der Waals surface area contributed by atoms with Crippen molar-refractivity contribution < 1.29 is 17.9 Å². The van der Waals surface area contributed by atoms with Gasteiger partial charge in [-0.3, -0.25) is 0 Å². The molecule has 0 saturated heterocycles. The molecule has 0 spiro atoms. The van der Waals surface area contributed by atoms with Gasteiger partial charge in [-0.15, -0.1) is 0 Å². The minimum absolute atomic E-state index is 0.0305. The van der Waals surface area contributed by atoms with E-state index in [2.05, 4.69) is 5.32 Å². The van der Waals surface area contributed by atoms with Gasteiger partial charge in [-0.2, -0.15) is 0 Å². The first kappa shape index (κ1) is 15.4. The van der Waals surface area contributed by atoms with Crippen molar-refractivity contribution in [2.24, 2.45) is 0 Å². The van der Waals surface area contributed by atoms with E-state index in [-0.39, 0.29) is 12.4 Å². The Bertz CT molecular complexity index is 616. The minimum Gasteiger partial charge on any atom is -0.485 e. The van der Waals surface area contributed by atoms with Crippen LogP contribution in [-0.4, -0.2) is 6.54 Å². The SMILES string of the molecule is CCNCc1cccc(F)c1OCc1ccc(F)c(F)c1. The molecule has 0 aromatic heterocycles. The molecule has 21 heavy (non-hydrogen) atoms. The topological polar surface area (TPSA) is 21.3 Å². The van der Waals surface area contributed by atoms with Crippen LogP contribution in [0.15, 0.2) is 36.4 Å². The zero-order valence-electron chi connectivity index (χ0n) is 11.6. The first-order valence-corrected chi connectivity index (χ1v) is 6.66. The van der Waals surface area contributed by atoms with E-state index in [9.17, 15) is 13.2 Å². The number of rotatable bonds is 6. The van der Waals surface area contributed by atoms with Crippen molar-refractivity contribution in [3.05, 3.63) is 65.0 Å². The Morgan fingerprint density at radius 2 is 1.81 bits per heavy atom. The van der Waals surface area contributed by atoms with Gasteiger partial charge < -0.3 is 10.1 Å². The Morgan fingerprint density at radius 1 is 1.00 bits per heavy atom. The Hall–Kier alpha value is -2.01. The minimum atomic E-state index is -0.947. The Labute approximate surface area is 121 Å². The summed E-state index contributed by atoms with van der Waals surface area (Å²) in [5, 5.41) is 3.09. The molecule has 0 atom stereocenters. The van der Waals surface area contributed by atoms with Crippen LogP contribution in [0.1, 0.15) is 18.1 Å². The summed E-state index contributed by atoms with van der Waals surface area (Å²) in [6.45, 7) is 3.14. The molecule has 0 radical (unpaired) electrons. The molecule has 0 aliphatic heterocycles. The Kier molecular flexibility index (Phi) is 5.22. The van der Waals surface area contributed by atoms with E-state index in [0.29, 0.717) is 17.7 Å². The van der Waals surface area contributed by atoms with Gasteiger partial charge >= 0.3 is 0 Å². The summed E-state index contributed by atoms with van der Waals surface area (Å²) in [7, 11) is 0. The average Bonchev–Trinajstić information content (AvgIpc) is 2.47. The summed E-state index contributed by atoms with van der Waals surface area (Å²) >= 11 is 0. The predicted octanol–water partition coefficient (Wildman–Crippen LogP) is 3.79. The number of hydrogen-bond acceptors (Lipinski definition) is 2. The van der Waals surface area contributed by atoms with Crippen LogP contribution in [-0.2, 0) is 13.2 Å². The number of halogens is 3. The molecule has 2 aromatic carbocycles. The third kappa shape index (κ3) is 3.98. The van der Waals surface area contributed by atoms with Crippen molar-refractivity contribution in [3.8, 4) is 5.75 Å². The van der Waals surface area contributed by atoms with E-state index in [4.69, 9.17) is 4.74 Å². The van der Waals surface area contributed by atoms with E-state index in [0.717, 1.165) is 18.7 Å². The van der Waals surface area contributed by atoms with E-state index < -0.39 is 17.5 Å². The fourth-order valence-corrected chi connectivity index (χ4v) is 1.90. The molecule has 0 aliphatic carbocycles. The normalized spacial score (nSPS) is 10.7. The van der Waals surface area contributed by atoms with Crippen LogP contribution >= 0.6 is 0 Å². The maximum atomic E-state index is 13.8. The standard InChI is InChI=1S/C16H16F3NO/c1-2-20-9-12-4-3-5-14(18)16(12)21-10-11-6-7-13(17)15(19)8-11/h3-8,20H,2,9-10H2,1H3. The van der Waals surface area contributed by atoms with Gasteiger partial charge in [0.15, 0.2) is 23.2 Å². The fraction of sp³-hybridized carbons (Fsp3) is 0.250. The van der Waals surface area contributed by atoms with E-state index in [1.165, 1.54) is 12.1 Å². The van der Waals surface area contributed by atoms with Crippen LogP contribution < -0.4 is 10.1 Å². The van der Waals surface area contributed by atoms with Crippen molar-refractivity contribution in [2.75, 3.05) is 6.54 Å². The molecule has 2 aromatic rings. The summed E-state index contributed by atoms with van der Waals surface area (Å²) in [5.41, 5.74) is 1.12. The molecule has 0 unspecified atom stereocenters. The Morgan fingerprint density at radius 3 is 2.52 bits per heavy atom. The van der Waals surface area contributed by atoms with Crippen LogP contribution in [0.5, 0.6) is 5.75 Å². The molecule has 2 rings (SSSR count). The molecule has 0 bridgehead atoms. The lowest BCUT2D eigenvalue weighted by molar-refractivity contribution is 0.285. The third-order valence-corrected chi connectivity index (χ3v) is 2.98. The number of para-hydroxylation sites is 1. The largest absolute Gasteiger partial charge is 0.485 e. The van der Waals surface area contributed by atoms with Crippen molar-refractivity contribution in [1.29, 1.82) is 0 Å². The van der Waals surface area contributed by atoms with E-state index in [1.54, 1.807) is 12.1 Å². The highest BCUT2D eigenvalue weighted by atomic mass is 19.2. The molecule has 0 heterocycles. The predicted molar refractivity (Wildman–Crippen MR) is 74.5 cm³/mol. The highest BCUT2D eigenvalue weighted by Crippen LogP contribution is 2.24. The zero-order valence-corrected chi connectivity index (χ0v) is 11.6. The average molecular weight is 295 g/mol. The van der Waals surface area contributed by atoms with Crippen molar-refractivity contribution >= 4 is 0 Å². The summed E-state index contributed by atoms with van der Waals surface area (Å²) in [6.07, 6.45) is 0. The second kappa shape index (κ2) is 7.13. The van der Waals surface area contributed by atoms with Gasteiger partial charge in [0.05, 0.1) is 0 Å². The van der Waals surface area contributed by atoms with Crippen molar-refractivity contribution in [1.82, 2.24) is 5.32 Å². The quantitative estimate of drug-likeness (QED) is 0.875. The second-order valence-corrected chi connectivity index (χ2v) is 4.55. The van der Waals surface area contributed by atoms with E-state index in [1.807, 2.05) is 6.92 Å². The molecular weight excluding hydrogens is 279 g/mol. The molecule has 0 amide bonds. The van der Waals surface area contributed by atoms with Gasteiger partial charge in [0.1, 0.15) is 6.61 Å². The Balaban J connectivity index is 2.13. The first-order valence-electron chi connectivity index (χ1n) is 6.66. The molecule has 0 fully saturated rings. The highest BCUT2D eigenvalue weighted by Gasteiger charge is 2.10. The molecule has 1 N–H and O–H groups in total. The van der Waals surface area contributed by atoms with Crippen molar-refractivity contribution in [3.63, 3.8) is 0 Å². The molecule has 0 saturated carbocycles. The van der Waals surface area contributed by atoms with Gasteiger partial charge in [0.25, 0.3) is 0 Å². The van der Waals surface area contributed by atoms with Crippen LogP contribution in [0, 0.1) is 17.5 Å². The molecular formula is C16H16F3NO. The summed E-state index contributed by atoms with van der Waals surface area (Å²) < 4.78 is 45.2. The summed E-state index contributed by atoms with van der Waals surface area (Å²) in [6, 6.07) is 8.13. The number of benzene rings is 2. The van der Waals surface area contributed by atoms with E-state index >= 15 is 0 Å². The van der Waals surface area contributed by atoms with Crippen LogP contribution in [0.3, 0.4) is 0 Å². The molecule has 112 valence electrons. The number of ether oxygens (including phenoxy) is 1. The highest BCUT2D eigenvalue weighted by molar-refractivity contribution is 5.35. The van der Waals surface area contributed by atoms with Gasteiger partial charge in [-0.25, -0.2) is 13.2 Å². The number of nitrogens with one attached hydrogen (secondary N) is 1. The lowest BCUT2D eigenvalue weighted by Gasteiger charge is -2.13. The third-order valence-electron chi connectivity index (χ3n) is 2.98. The van der Waals surface area contributed by atoms with Gasteiger partial charge in [-0.05, 0) is 30.3 Å². The number of hydrogen-bond donors (Lipinski definition) is 1. The summed E-state index contributed by atoms with van der Waals surface area (Å²) in [5.74, 6) is -2.22. The molecule has 5 heteroatoms. The molecule has 0 aliphatic rings. The van der Waals surface area contributed by atoms with Gasteiger partial charge in [0.2, 0.25) is 0 Å². The monoisotopic (exact) mass is 295 g/mol. The fourth-order valence-electron chi connectivity index (χ4n) is 1.90. The van der Waals surface area contributed by atoms with Crippen LogP contribution in [0.25, 0.3) is 0 Å². The first-order chi connectivity index (χ1) is 10.1. The second-order valence-electron chi connectivity index (χ2n) is 4.55. The van der Waals surface area contributed by atoms with Gasteiger partial charge in [0, 0.05) is 12.1 Å². The maximum Gasteiger partial charge on any atom is 0.165 e. The van der Waals surface area contributed by atoms with Crippen molar-refractivity contribution in [2.45, 2.75) is 20.1 Å². The summed E-state index contributed by atoms with van der Waals surface area (Å²) in [4.78, 5) is 0. The smallest absolute Gasteiger partial charge is 0.165 e. The van der Waals surface area contributed by atoms with Gasteiger partial charge in [-0.1, -0.05) is 25.1 Å². The zero-order chi connectivity index (χ0) is 15.2. The molecule has 2 nitrogen and oxygen atoms in total.